The van der Waals surface area contributed by atoms with Gasteiger partial charge in [0.25, 0.3) is 5.91 Å². The molecular formula is C27H36N4O3. The fourth-order valence-corrected chi connectivity index (χ4v) is 4.35. The topological polar surface area (TPSA) is 76.1 Å². The third-order valence-electron chi connectivity index (χ3n) is 6.19. The standard InChI is InChI=1S/C27H36N4O3/c1-20(2)23-14-9-8-13-22(23)17-24-28-26(30(4)19-33)25(27(34)29(3)15-10-16-32)31(24)18-21-11-6-5-7-12-21/h5-9,11-14,19-20,24,28,32H,10,15-18H2,1-4H3. The molecule has 0 bridgehead atoms. The number of aliphatic hydroxyl groups excluding tert-OH is 1. The maximum Gasteiger partial charge on any atom is 0.273 e. The van der Waals surface area contributed by atoms with Crippen LogP contribution in [0, 0.1) is 0 Å². The Bertz CT molecular complexity index is 1010. The Morgan fingerprint density at radius 3 is 2.44 bits per heavy atom. The number of likely N-dealkylation sites (N-methyl/N-ethyl adjacent to an activating group) is 1. The number of amides is 2. The molecular weight excluding hydrogens is 428 g/mol. The van der Waals surface area contributed by atoms with Gasteiger partial charge in [-0.3, -0.25) is 9.59 Å². The molecule has 2 N–H and O–H groups in total. The molecule has 1 aliphatic rings. The van der Waals surface area contributed by atoms with E-state index in [2.05, 4.69) is 42.3 Å². The van der Waals surface area contributed by atoms with Crippen LogP contribution in [0.2, 0.25) is 0 Å². The number of hydrogen-bond donors (Lipinski definition) is 2. The van der Waals surface area contributed by atoms with Crippen LogP contribution in [0.15, 0.2) is 66.1 Å². The maximum atomic E-state index is 13.6. The van der Waals surface area contributed by atoms with Crippen LogP contribution >= 0.6 is 0 Å². The van der Waals surface area contributed by atoms with E-state index >= 15 is 0 Å². The molecule has 0 aliphatic carbocycles. The van der Waals surface area contributed by atoms with Gasteiger partial charge in [0.15, 0.2) is 0 Å². The lowest BCUT2D eigenvalue weighted by molar-refractivity contribution is -0.128. The minimum atomic E-state index is -0.206. The third-order valence-corrected chi connectivity index (χ3v) is 6.19. The number of carbonyl (C=O) groups is 2. The van der Waals surface area contributed by atoms with Gasteiger partial charge in [-0.05, 0) is 29.0 Å². The van der Waals surface area contributed by atoms with Crippen molar-refractivity contribution in [2.45, 2.75) is 45.3 Å². The number of benzene rings is 2. The Labute approximate surface area is 202 Å². The lowest BCUT2D eigenvalue weighted by atomic mass is 9.94. The summed E-state index contributed by atoms with van der Waals surface area (Å²) in [6.07, 6.45) is 1.68. The Kier molecular flexibility index (Phi) is 8.71. The van der Waals surface area contributed by atoms with E-state index in [1.165, 1.54) is 16.0 Å². The van der Waals surface area contributed by atoms with Gasteiger partial charge in [0, 0.05) is 40.2 Å². The summed E-state index contributed by atoms with van der Waals surface area (Å²) in [5, 5.41) is 12.7. The van der Waals surface area contributed by atoms with Crippen molar-refractivity contribution >= 4 is 12.3 Å². The lowest BCUT2D eigenvalue weighted by Crippen LogP contribution is -2.42. The average Bonchev–Trinajstić information content (AvgIpc) is 3.19. The first-order valence-corrected chi connectivity index (χ1v) is 11.8. The highest BCUT2D eigenvalue weighted by molar-refractivity contribution is 5.94. The van der Waals surface area contributed by atoms with Crippen LogP contribution in [0.25, 0.3) is 0 Å². The second-order valence-corrected chi connectivity index (χ2v) is 9.05. The van der Waals surface area contributed by atoms with E-state index < -0.39 is 0 Å². The molecule has 1 heterocycles. The van der Waals surface area contributed by atoms with E-state index in [1.54, 1.807) is 19.0 Å². The van der Waals surface area contributed by atoms with Crippen molar-refractivity contribution in [3.05, 3.63) is 82.8 Å². The first-order chi connectivity index (χ1) is 16.4. The predicted octanol–water partition coefficient (Wildman–Crippen LogP) is 2.88. The second kappa shape index (κ2) is 11.7. The van der Waals surface area contributed by atoms with Crippen molar-refractivity contribution < 1.29 is 14.7 Å². The fraction of sp³-hybridized carbons (Fsp3) is 0.407. The quantitative estimate of drug-likeness (QED) is 0.500. The SMILES string of the molecule is CC(C)c1ccccc1CC1NC(N(C)C=O)=C(C(=O)N(C)CCCO)N1Cc1ccccc1. The molecule has 0 spiro atoms. The van der Waals surface area contributed by atoms with Crippen molar-refractivity contribution in [2.75, 3.05) is 27.2 Å². The zero-order chi connectivity index (χ0) is 24.7. The predicted molar refractivity (Wildman–Crippen MR) is 133 cm³/mol. The van der Waals surface area contributed by atoms with Crippen LogP contribution < -0.4 is 5.32 Å². The van der Waals surface area contributed by atoms with Crippen molar-refractivity contribution in [2.24, 2.45) is 0 Å². The minimum Gasteiger partial charge on any atom is -0.396 e. The van der Waals surface area contributed by atoms with Gasteiger partial charge in [-0.25, -0.2) is 0 Å². The summed E-state index contributed by atoms with van der Waals surface area (Å²) in [5.41, 5.74) is 4.02. The van der Waals surface area contributed by atoms with Crippen LogP contribution in [-0.4, -0.2) is 65.5 Å². The number of nitrogens with zero attached hydrogens (tertiary/aromatic N) is 3. The minimum absolute atomic E-state index is 0.0123. The zero-order valence-electron chi connectivity index (χ0n) is 20.6. The molecule has 3 rings (SSSR count). The summed E-state index contributed by atoms with van der Waals surface area (Å²) < 4.78 is 0. The Morgan fingerprint density at radius 2 is 1.79 bits per heavy atom. The fourth-order valence-electron chi connectivity index (χ4n) is 4.35. The van der Waals surface area contributed by atoms with Crippen LogP contribution in [0.4, 0.5) is 0 Å². The largest absolute Gasteiger partial charge is 0.396 e. The highest BCUT2D eigenvalue weighted by Crippen LogP contribution is 2.30. The van der Waals surface area contributed by atoms with Gasteiger partial charge in [-0.15, -0.1) is 0 Å². The highest BCUT2D eigenvalue weighted by Gasteiger charge is 2.38. The lowest BCUT2D eigenvalue weighted by Gasteiger charge is -2.31. The van der Waals surface area contributed by atoms with E-state index in [-0.39, 0.29) is 18.7 Å². The average molecular weight is 465 g/mol. The van der Waals surface area contributed by atoms with Gasteiger partial charge in [-0.2, -0.15) is 0 Å². The van der Waals surface area contributed by atoms with Crippen molar-refractivity contribution in [1.82, 2.24) is 20.0 Å². The first-order valence-electron chi connectivity index (χ1n) is 11.8. The van der Waals surface area contributed by atoms with Crippen LogP contribution in [0.5, 0.6) is 0 Å². The van der Waals surface area contributed by atoms with Crippen LogP contribution in [0.3, 0.4) is 0 Å². The molecule has 0 radical (unpaired) electrons. The normalized spacial score (nSPS) is 15.5. The molecule has 2 amide bonds. The van der Waals surface area contributed by atoms with E-state index in [1.807, 2.05) is 36.4 Å². The summed E-state index contributed by atoms with van der Waals surface area (Å²) in [7, 11) is 3.38. The van der Waals surface area contributed by atoms with Crippen molar-refractivity contribution in [3.8, 4) is 0 Å². The van der Waals surface area contributed by atoms with Crippen molar-refractivity contribution in [1.29, 1.82) is 0 Å². The number of hydrogen-bond acceptors (Lipinski definition) is 5. The molecule has 1 atom stereocenters. The molecule has 2 aromatic carbocycles. The first kappa shape index (κ1) is 25.3. The molecule has 182 valence electrons. The molecule has 1 unspecified atom stereocenters. The molecule has 0 saturated carbocycles. The molecule has 7 nitrogen and oxygen atoms in total. The second-order valence-electron chi connectivity index (χ2n) is 9.05. The molecule has 2 aromatic rings. The number of aliphatic hydroxyl groups is 1. The molecule has 1 aliphatic heterocycles. The van der Waals surface area contributed by atoms with E-state index in [0.717, 1.165) is 5.56 Å². The summed E-state index contributed by atoms with van der Waals surface area (Å²) in [4.78, 5) is 30.5. The Hall–Kier alpha value is -3.32. The van der Waals surface area contributed by atoms with Gasteiger partial charge < -0.3 is 25.1 Å². The number of carbonyl (C=O) groups excluding carboxylic acids is 2. The van der Waals surface area contributed by atoms with Gasteiger partial charge in [-0.1, -0.05) is 68.4 Å². The van der Waals surface area contributed by atoms with Crippen LogP contribution in [0.1, 0.15) is 42.9 Å². The molecule has 0 fully saturated rings. The van der Waals surface area contributed by atoms with Gasteiger partial charge in [0.05, 0.1) is 0 Å². The maximum absolute atomic E-state index is 13.6. The monoisotopic (exact) mass is 464 g/mol. The summed E-state index contributed by atoms with van der Waals surface area (Å²) in [6, 6.07) is 18.4. The Morgan fingerprint density at radius 1 is 1.12 bits per heavy atom. The molecule has 0 aromatic heterocycles. The number of rotatable bonds is 11. The number of nitrogens with one attached hydrogen (secondary N) is 1. The van der Waals surface area contributed by atoms with Crippen LogP contribution in [-0.2, 0) is 22.6 Å². The van der Waals surface area contributed by atoms with Gasteiger partial charge >= 0.3 is 0 Å². The molecule has 7 heteroatoms. The van der Waals surface area contributed by atoms with E-state index in [9.17, 15) is 14.7 Å². The van der Waals surface area contributed by atoms with Gasteiger partial charge in [0.2, 0.25) is 6.41 Å². The summed E-state index contributed by atoms with van der Waals surface area (Å²) in [6.45, 7) is 5.32. The third kappa shape index (κ3) is 5.78. The Balaban J connectivity index is 2.03. The molecule has 34 heavy (non-hydrogen) atoms. The van der Waals surface area contributed by atoms with Gasteiger partial charge in [0.1, 0.15) is 17.7 Å². The molecule has 0 saturated heterocycles. The van der Waals surface area contributed by atoms with E-state index in [4.69, 9.17) is 0 Å². The highest BCUT2D eigenvalue weighted by atomic mass is 16.3. The summed E-state index contributed by atoms with van der Waals surface area (Å²) >= 11 is 0. The zero-order valence-corrected chi connectivity index (χ0v) is 20.6. The van der Waals surface area contributed by atoms with Crippen molar-refractivity contribution in [3.63, 3.8) is 0 Å². The smallest absolute Gasteiger partial charge is 0.273 e. The van der Waals surface area contributed by atoms with E-state index in [0.29, 0.717) is 49.8 Å². The summed E-state index contributed by atoms with van der Waals surface area (Å²) in [5.74, 6) is 0.690.